The van der Waals surface area contributed by atoms with Crippen molar-refractivity contribution in [2.45, 2.75) is 31.7 Å². The Morgan fingerprint density at radius 1 is 1.42 bits per heavy atom. The number of nitrogens with one attached hydrogen (secondary N) is 1. The van der Waals surface area contributed by atoms with Gasteiger partial charge in [0.25, 0.3) is 0 Å². The van der Waals surface area contributed by atoms with Crippen LogP contribution in [0.4, 0.5) is 0 Å². The molecule has 1 heterocycles. The maximum Gasteiger partial charge on any atom is 0.0308 e. The highest BCUT2D eigenvalue weighted by Gasteiger charge is 2.42. The first kappa shape index (κ1) is 8.52. The molecule has 2 fully saturated rings. The molecule has 0 aromatic carbocycles. The normalized spacial score (nSPS) is 39.5. The van der Waals surface area contributed by atoms with E-state index in [1.165, 1.54) is 38.9 Å². The Balaban J connectivity index is 2.01. The van der Waals surface area contributed by atoms with Crippen LogP contribution in [0, 0.1) is 5.92 Å². The largest absolute Gasteiger partial charge is 0.310 e. The third kappa shape index (κ3) is 1.64. The summed E-state index contributed by atoms with van der Waals surface area (Å²) in [5.41, 5.74) is 0.422. The van der Waals surface area contributed by atoms with Crippen molar-refractivity contribution in [1.82, 2.24) is 10.2 Å². The molecule has 1 N–H and O–H groups in total. The quantitative estimate of drug-likeness (QED) is 0.630. The molecule has 1 saturated carbocycles. The molecule has 0 amide bonds. The van der Waals surface area contributed by atoms with Crippen LogP contribution in [0.2, 0.25) is 0 Å². The third-order valence-corrected chi connectivity index (χ3v) is 3.32. The molecule has 70 valence electrons. The zero-order valence-corrected chi connectivity index (χ0v) is 8.27. The average molecular weight is 168 g/mol. The van der Waals surface area contributed by atoms with Crippen LogP contribution in [0.3, 0.4) is 0 Å². The summed E-state index contributed by atoms with van der Waals surface area (Å²) in [5.74, 6) is 0.957. The zero-order chi connectivity index (χ0) is 8.60. The van der Waals surface area contributed by atoms with E-state index in [1.807, 2.05) is 0 Å². The van der Waals surface area contributed by atoms with Gasteiger partial charge in [-0.3, -0.25) is 0 Å². The summed E-state index contributed by atoms with van der Waals surface area (Å²) >= 11 is 0. The third-order valence-electron chi connectivity index (χ3n) is 3.32. The molecule has 0 radical (unpaired) electrons. The molecule has 2 nitrogen and oxygen atoms in total. The molecule has 0 bridgehead atoms. The van der Waals surface area contributed by atoms with Crippen LogP contribution in [0.1, 0.15) is 26.2 Å². The van der Waals surface area contributed by atoms with Gasteiger partial charge in [0, 0.05) is 12.1 Å². The lowest BCUT2D eigenvalue weighted by Gasteiger charge is -2.32. The van der Waals surface area contributed by atoms with E-state index in [4.69, 9.17) is 0 Å². The van der Waals surface area contributed by atoms with E-state index in [-0.39, 0.29) is 0 Å². The van der Waals surface area contributed by atoms with Crippen LogP contribution < -0.4 is 5.32 Å². The molecule has 2 aliphatic rings. The number of hydrogen-bond acceptors (Lipinski definition) is 2. The smallest absolute Gasteiger partial charge is 0.0308 e. The summed E-state index contributed by atoms with van der Waals surface area (Å²) < 4.78 is 0. The molecule has 1 saturated heterocycles. The Kier molecular flexibility index (Phi) is 2.13. The van der Waals surface area contributed by atoms with E-state index >= 15 is 0 Å². The molecule has 1 atom stereocenters. The lowest BCUT2D eigenvalue weighted by molar-refractivity contribution is 0.232. The van der Waals surface area contributed by atoms with Gasteiger partial charge in [-0.15, -0.1) is 0 Å². The van der Waals surface area contributed by atoms with Crippen molar-refractivity contribution in [2.24, 2.45) is 5.92 Å². The van der Waals surface area contributed by atoms with Gasteiger partial charge in [0.1, 0.15) is 0 Å². The van der Waals surface area contributed by atoms with Gasteiger partial charge in [0.15, 0.2) is 0 Å². The van der Waals surface area contributed by atoms with Gasteiger partial charge in [-0.1, -0.05) is 0 Å². The van der Waals surface area contributed by atoms with E-state index in [2.05, 4.69) is 24.2 Å². The number of nitrogens with zero attached hydrogens (tertiary/aromatic N) is 1. The molecule has 12 heavy (non-hydrogen) atoms. The number of likely N-dealkylation sites (N-methyl/N-ethyl adjacent to an activating group) is 1. The van der Waals surface area contributed by atoms with Crippen LogP contribution in [-0.4, -0.2) is 37.1 Å². The average Bonchev–Trinajstić information content (AvgIpc) is 2.76. The Labute approximate surface area is 75.3 Å². The first-order chi connectivity index (χ1) is 5.71. The molecule has 2 heteroatoms. The van der Waals surface area contributed by atoms with Crippen LogP contribution in [-0.2, 0) is 0 Å². The molecule has 0 aromatic rings. The van der Waals surface area contributed by atoms with E-state index in [0.717, 1.165) is 5.92 Å². The van der Waals surface area contributed by atoms with Crippen molar-refractivity contribution in [2.75, 3.05) is 26.7 Å². The Hall–Kier alpha value is -0.0800. The van der Waals surface area contributed by atoms with E-state index in [1.54, 1.807) is 0 Å². The molecular formula is C10H20N2. The summed E-state index contributed by atoms with van der Waals surface area (Å²) in [6.07, 6.45) is 4.19. The van der Waals surface area contributed by atoms with Gasteiger partial charge in [-0.05, 0) is 52.2 Å². The van der Waals surface area contributed by atoms with Crippen LogP contribution in [0.25, 0.3) is 0 Å². The molecule has 0 spiro atoms. The zero-order valence-electron chi connectivity index (χ0n) is 8.27. The lowest BCUT2D eigenvalue weighted by atomic mass is 9.95. The van der Waals surface area contributed by atoms with Crippen molar-refractivity contribution in [3.8, 4) is 0 Å². The van der Waals surface area contributed by atoms with Gasteiger partial charge in [-0.2, -0.15) is 0 Å². The highest BCUT2D eigenvalue weighted by molar-refractivity contribution is 5.00. The number of rotatable bonds is 1. The van der Waals surface area contributed by atoms with Crippen molar-refractivity contribution in [3.05, 3.63) is 0 Å². The van der Waals surface area contributed by atoms with E-state index < -0.39 is 0 Å². The molecular weight excluding hydrogens is 148 g/mol. The van der Waals surface area contributed by atoms with Crippen LogP contribution in [0.15, 0.2) is 0 Å². The maximum atomic E-state index is 3.71. The summed E-state index contributed by atoms with van der Waals surface area (Å²) in [6.45, 7) is 6.09. The summed E-state index contributed by atoms with van der Waals surface area (Å²) in [4.78, 5) is 2.47. The van der Waals surface area contributed by atoms with Gasteiger partial charge in [0.2, 0.25) is 0 Å². The molecule has 1 aliphatic carbocycles. The first-order valence-corrected chi connectivity index (χ1v) is 5.14. The molecule has 1 unspecified atom stereocenters. The SMILES string of the molecule is CN1CCCNC(C)(C2CC2)C1. The summed E-state index contributed by atoms with van der Waals surface area (Å²) in [6, 6.07) is 0. The van der Waals surface area contributed by atoms with E-state index in [0.29, 0.717) is 5.54 Å². The van der Waals surface area contributed by atoms with E-state index in [9.17, 15) is 0 Å². The second-order valence-corrected chi connectivity index (χ2v) is 4.71. The topological polar surface area (TPSA) is 15.3 Å². The molecule has 0 aromatic heterocycles. The predicted molar refractivity (Wildman–Crippen MR) is 51.2 cm³/mol. The fourth-order valence-electron chi connectivity index (χ4n) is 2.41. The summed E-state index contributed by atoms with van der Waals surface area (Å²) in [5, 5.41) is 3.71. The minimum atomic E-state index is 0.422. The van der Waals surface area contributed by atoms with Crippen molar-refractivity contribution >= 4 is 0 Å². The molecule has 1 aliphatic heterocycles. The fourth-order valence-corrected chi connectivity index (χ4v) is 2.41. The second-order valence-electron chi connectivity index (χ2n) is 4.71. The highest BCUT2D eigenvalue weighted by atomic mass is 15.2. The van der Waals surface area contributed by atoms with Gasteiger partial charge >= 0.3 is 0 Å². The maximum absolute atomic E-state index is 3.71. The second kappa shape index (κ2) is 3.00. The first-order valence-electron chi connectivity index (χ1n) is 5.14. The predicted octanol–water partition coefficient (Wildman–Crippen LogP) is 1.08. The Bertz CT molecular complexity index is 165. The minimum Gasteiger partial charge on any atom is -0.310 e. The summed E-state index contributed by atoms with van der Waals surface area (Å²) in [7, 11) is 2.24. The van der Waals surface area contributed by atoms with Crippen molar-refractivity contribution in [1.29, 1.82) is 0 Å². The van der Waals surface area contributed by atoms with Gasteiger partial charge < -0.3 is 10.2 Å². The van der Waals surface area contributed by atoms with Crippen molar-refractivity contribution < 1.29 is 0 Å². The fraction of sp³-hybridized carbons (Fsp3) is 1.00. The lowest BCUT2D eigenvalue weighted by Crippen LogP contribution is -2.50. The minimum absolute atomic E-state index is 0.422. The highest BCUT2D eigenvalue weighted by Crippen LogP contribution is 2.40. The standard InChI is InChI=1S/C10H20N2/c1-10(9-4-5-9)8-12(2)7-3-6-11-10/h9,11H,3-8H2,1-2H3. The van der Waals surface area contributed by atoms with Gasteiger partial charge in [-0.25, -0.2) is 0 Å². The van der Waals surface area contributed by atoms with Crippen molar-refractivity contribution in [3.63, 3.8) is 0 Å². The monoisotopic (exact) mass is 168 g/mol. The Morgan fingerprint density at radius 2 is 2.17 bits per heavy atom. The van der Waals surface area contributed by atoms with Crippen LogP contribution in [0.5, 0.6) is 0 Å². The number of hydrogen-bond donors (Lipinski definition) is 1. The van der Waals surface area contributed by atoms with Crippen LogP contribution >= 0.6 is 0 Å². The van der Waals surface area contributed by atoms with Gasteiger partial charge in [0.05, 0.1) is 0 Å². The Morgan fingerprint density at radius 3 is 2.83 bits per heavy atom. The molecule has 2 rings (SSSR count).